The van der Waals surface area contributed by atoms with E-state index in [9.17, 15) is 10.1 Å². The van der Waals surface area contributed by atoms with Crippen LogP contribution < -0.4 is 10.1 Å². The summed E-state index contributed by atoms with van der Waals surface area (Å²) in [4.78, 5) is 12.9. The van der Waals surface area contributed by atoms with Gasteiger partial charge in [-0.1, -0.05) is 0 Å². The van der Waals surface area contributed by atoms with Gasteiger partial charge in [0.1, 0.15) is 5.75 Å². The van der Waals surface area contributed by atoms with Crippen molar-refractivity contribution >= 4 is 18.1 Å². The largest absolute Gasteiger partial charge is 0.496 e. The van der Waals surface area contributed by atoms with Gasteiger partial charge < -0.3 is 10.1 Å². The summed E-state index contributed by atoms with van der Waals surface area (Å²) in [5.74, 6) is 0.717. The Bertz CT molecular complexity index is 558. The number of ether oxygens (including phenoxy) is 1. The number of hydrogen-bond donors (Lipinski definition) is 1. The zero-order valence-electron chi connectivity index (χ0n) is 13.5. The lowest BCUT2D eigenvalue weighted by atomic mass is 9.98. The van der Waals surface area contributed by atoms with Crippen molar-refractivity contribution in [2.24, 2.45) is 0 Å². The molecule has 0 saturated carbocycles. The molecule has 1 aromatic rings. The number of halogens is 1. The van der Waals surface area contributed by atoms with Gasteiger partial charge in [0.15, 0.2) is 0 Å². The van der Waals surface area contributed by atoms with Crippen LogP contribution in [0.5, 0.6) is 5.75 Å². The van der Waals surface area contributed by atoms with Crippen LogP contribution in [0.2, 0.25) is 0 Å². The molecule has 0 aromatic heterocycles. The Morgan fingerprint density at radius 1 is 1.35 bits per heavy atom. The molecule has 2 bridgehead atoms. The molecule has 1 aromatic carbocycles. The van der Waals surface area contributed by atoms with E-state index in [1.54, 1.807) is 19.2 Å². The summed E-state index contributed by atoms with van der Waals surface area (Å²) in [5, 5.41) is 14.6. The molecule has 1 N–H and O–H groups in total. The van der Waals surface area contributed by atoms with Gasteiger partial charge >= 0.3 is 0 Å². The maximum absolute atomic E-state index is 11.0. The summed E-state index contributed by atoms with van der Waals surface area (Å²) in [5.41, 5.74) is 1.000. The van der Waals surface area contributed by atoms with Gasteiger partial charge in [0.05, 0.1) is 12.0 Å². The smallest absolute Gasteiger partial charge is 0.270 e. The molecule has 0 radical (unpaired) electrons. The fourth-order valence-electron chi connectivity index (χ4n) is 3.79. The van der Waals surface area contributed by atoms with Crippen LogP contribution in [-0.2, 0) is 6.54 Å². The van der Waals surface area contributed by atoms with Crippen LogP contribution in [0.3, 0.4) is 0 Å². The second-order valence-corrected chi connectivity index (χ2v) is 6.43. The fraction of sp³-hybridized carbons (Fsp3) is 0.625. The Hall–Kier alpha value is -1.37. The Kier molecular flexibility index (Phi) is 5.84. The highest BCUT2D eigenvalue weighted by molar-refractivity contribution is 5.85. The van der Waals surface area contributed by atoms with Crippen LogP contribution >= 0.6 is 12.4 Å². The lowest BCUT2D eigenvalue weighted by Gasteiger charge is -2.35. The average Bonchev–Trinajstić information content (AvgIpc) is 2.85. The van der Waals surface area contributed by atoms with Gasteiger partial charge in [-0.05, 0) is 38.8 Å². The molecule has 128 valence electrons. The minimum absolute atomic E-state index is 0. The van der Waals surface area contributed by atoms with Crippen LogP contribution in [0.25, 0.3) is 0 Å². The molecule has 2 heterocycles. The molecule has 3 rings (SSSR count). The molecule has 0 spiro atoms. The summed E-state index contributed by atoms with van der Waals surface area (Å²) in [7, 11) is 3.71. The van der Waals surface area contributed by atoms with E-state index in [-0.39, 0.29) is 23.0 Å². The predicted octanol–water partition coefficient (Wildman–Crippen LogP) is 2.74. The molecule has 2 fully saturated rings. The van der Waals surface area contributed by atoms with Gasteiger partial charge in [0.2, 0.25) is 0 Å². The number of nitro benzene ring substituents is 1. The molecule has 2 unspecified atom stereocenters. The monoisotopic (exact) mass is 341 g/mol. The van der Waals surface area contributed by atoms with Crippen LogP contribution in [0.4, 0.5) is 5.69 Å². The molecular formula is C16H24ClN3O3. The molecule has 0 aliphatic carbocycles. The highest BCUT2D eigenvalue weighted by Crippen LogP contribution is 2.31. The third-order valence-corrected chi connectivity index (χ3v) is 4.97. The molecule has 7 heteroatoms. The number of nitro groups is 1. The second-order valence-electron chi connectivity index (χ2n) is 6.43. The van der Waals surface area contributed by atoms with Crippen molar-refractivity contribution in [3.8, 4) is 5.75 Å². The van der Waals surface area contributed by atoms with E-state index in [2.05, 4.69) is 17.3 Å². The zero-order valence-corrected chi connectivity index (χ0v) is 14.3. The van der Waals surface area contributed by atoms with Crippen molar-refractivity contribution in [3.05, 3.63) is 33.9 Å². The number of methoxy groups -OCH3 is 1. The van der Waals surface area contributed by atoms with E-state index < -0.39 is 0 Å². The van der Waals surface area contributed by atoms with E-state index in [1.807, 2.05) is 0 Å². The highest BCUT2D eigenvalue weighted by Gasteiger charge is 2.35. The lowest BCUT2D eigenvalue weighted by Crippen LogP contribution is -2.46. The maximum atomic E-state index is 11.0. The summed E-state index contributed by atoms with van der Waals surface area (Å²) in [6, 6.07) is 6.62. The molecule has 2 aliphatic heterocycles. The summed E-state index contributed by atoms with van der Waals surface area (Å²) < 4.78 is 5.36. The number of hydrogen-bond acceptors (Lipinski definition) is 5. The lowest BCUT2D eigenvalue weighted by molar-refractivity contribution is -0.385. The summed E-state index contributed by atoms with van der Waals surface area (Å²) in [6.07, 6.45) is 4.86. The Morgan fingerprint density at radius 3 is 2.57 bits per heavy atom. The molecule has 6 nitrogen and oxygen atoms in total. The number of rotatable bonds is 5. The molecule has 0 amide bonds. The SMILES string of the molecule is COc1ccc([N+](=O)[O-])cc1CN(C)C1CC2CCC(C1)N2.Cl. The highest BCUT2D eigenvalue weighted by atomic mass is 35.5. The average molecular weight is 342 g/mol. The topological polar surface area (TPSA) is 67.6 Å². The summed E-state index contributed by atoms with van der Waals surface area (Å²) in [6.45, 7) is 0.676. The minimum atomic E-state index is -0.353. The standard InChI is InChI=1S/C16H23N3O3.ClH/c1-18(15-8-12-3-4-13(9-15)17-12)10-11-7-14(19(20)21)5-6-16(11)22-2;/h5-7,12-13,15,17H,3-4,8-10H2,1-2H3;1H. The van der Waals surface area contributed by atoms with E-state index >= 15 is 0 Å². The van der Waals surface area contributed by atoms with E-state index in [0.29, 0.717) is 30.4 Å². The van der Waals surface area contributed by atoms with Crippen LogP contribution in [-0.4, -0.2) is 42.1 Å². The Balaban J connectivity index is 0.00000192. The minimum Gasteiger partial charge on any atom is -0.496 e. The van der Waals surface area contributed by atoms with Gasteiger partial charge in [-0.2, -0.15) is 0 Å². The van der Waals surface area contributed by atoms with Crippen molar-refractivity contribution in [3.63, 3.8) is 0 Å². The van der Waals surface area contributed by atoms with Crippen molar-refractivity contribution in [1.29, 1.82) is 0 Å². The molecule has 2 saturated heterocycles. The molecular weight excluding hydrogens is 318 g/mol. The predicted molar refractivity (Wildman–Crippen MR) is 91.3 cm³/mol. The zero-order chi connectivity index (χ0) is 15.7. The van der Waals surface area contributed by atoms with Gasteiger partial charge in [-0.15, -0.1) is 12.4 Å². The van der Waals surface area contributed by atoms with E-state index in [0.717, 1.165) is 18.4 Å². The first-order valence-electron chi connectivity index (χ1n) is 7.84. The van der Waals surface area contributed by atoms with Crippen LogP contribution in [0.1, 0.15) is 31.2 Å². The number of piperidine rings is 1. The Labute approximate surface area is 142 Å². The van der Waals surface area contributed by atoms with Crippen molar-refractivity contribution < 1.29 is 9.66 Å². The van der Waals surface area contributed by atoms with Crippen LogP contribution in [0.15, 0.2) is 18.2 Å². The normalized spacial score (nSPS) is 26.0. The number of nitrogens with one attached hydrogen (secondary N) is 1. The Morgan fingerprint density at radius 2 is 2.00 bits per heavy atom. The van der Waals surface area contributed by atoms with Crippen LogP contribution in [0, 0.1) is 10.1 Å². The van der Waals surface area contributed by atoms with Gasteiger partial charge in [-0.3, -0.25) is 15.0 Å². The third kappa shape index (κ3) is 3.94. The number of nitrogens with zero attached hydrogens (tertiary/aromatic N) is 2. The van der Waals surface area contributed by atoms with E-state index in [1.165, 1.54) is 18.9 Å². The summed E-state index contributed by atoms with van der Waals surface area (Å²) >= 11 is 0. The van der Waals surface area contributed by atoms with Crippen molar-refractivity contribution in [1.82, 2.24) is 10.2 Å². The van der Waals surface area contributed by atoms with Crippen molar-refractivity contribution in [2.75, 3.05) is 14.2 Å². The first-order valence-corrected chi connectivity index (χ1v) is 7.84. The third-order valence-electron chi connectivity index (χ3n) is 4.97. The molecule has 2 aliphatic rings. The fourth-order valence-corrected chi connectivity index (χ4v) is 3.79. The maximum Gasteiger partial charge on any atom is 0.270 e. The van der Waals surface area contributed by atoms with Gasteiger partial charge in [0, 0.05) is 42.4 Å². The van der Waals surface area contributed by atoms with Gasteiger partial charge in [-0.25, -0.2) is 0 Å². The second kappa shape index (κ2) is 7.47. The number of fused-ring (bicyclic) bond motifs is 2. The number of benzene rings is 1. The van der Waals surface area contributed by atoms with Gasteiger partial charge in [0.25, 0.3) is 5.69 Å². The first-order chi connectivity index (χ1) is 10.6. The molecule has 23 heavy (non-hydrogen) atoms. The molecule has 2 atom stereocenters. The van der Waals surface area contributed by atoms with Crippen molar-refractivity contribution in [2.45, 2.75) is 50.4 Å². The quantitative estimate of drug-likeness (QED) is 0.659. The van der Waals surface area contributed by atoms with E-state index in [4.69, 9.17) is 4.74 Å². The number of non-ortho nitro benzene ring substituents is 1. The first kappa shape index (κ1) is 18.0.